The van der Waals surface area contributed by atoms with E-state index in [1.807, 2.05) is 19.1 Å². The third kappa shape index (κ3) is 4.23. The summed E-state index contributed by atoms with van der Waals surface area (Å²) >= 11 is 6.24. The van der Waals surface area contributed by atoms with E-state index in [2.05, 4.69) is 4.98 Å². The first kappa shape index (κ1) is 21.6. The van der Waals surface area contributed by atoms with Gasteiger partial charge in [0, 0.05) is 19.3 Å². The number of likely N-dealkylation sites (tertiary alicyclic amines) is 1. The SMILES string of the molecule is Cc1cccn2c(=O)c(C=C(C#N)C(=O)N3CCCCC3)c(Oc3ccccc3Cl)nc12. The van der Waals surface area contributed by atoms with E-state index in [0.717, 1.165) is 24.8 Å². The molecule has 3 aromatic rings. The van der Waals surface area contributed by atoms with Crippen LogP contribution in [0.4, 0.5) is 0 Å². The van der Waals surface area contributed by atoms with Gasteiger partial charge in [-0.25, -0.2) is 0 Å². The van der Waals surface area contributed by atoms with E-state index in [4.69, 9.17) is 16.3 Å². The lowest BCUT2D eigenvalue weighted by Gasteiger charge is -2.26. The molecule has 7 nitrogen and oxygen atoms in total. The lowest BCUT2D eigenvalue weighted by molar-refractivity contribution is -0.127. The third-order valence-corrected chi connectivity index (χ3v) is 5.69. The van der Waals surface area contributed by atoms with E-state index in [-0.39, 0.29) is 17.0 Å². The van der Waals surface area contributed by atoms with Crippen LogP contribution in [0.5, 0.6) is 11.6 Å². The highest BCUT2D eigenvalue weighted by Gasteiger charge is 2.23. The molecule has 2 aromatic heterocycles. The Hall–Kier alpha value is -3.63. The summed E-state index contributed by atoms with van der Waals surface area (Å²) in [5.74, 6) is -0.101. The number of halogens is 1. The first-order chi connectivity index (χ1) is 15.5. The van der Waals surface area contributed by atoms with Crippen molar-refractivity contribution in [2.45, 2.75) is 26.2 Å². The van der Waals surface area contributed by atoms with Gasteiger partial charge in [-0.05, 0) is 56.0 Å². The number of aryl methyl sites for hydroxylation is 1. The van der Waals surface area contributed by atoms with Gasteiger partial charge in [-0.15, -0.1) is 0 Å². The van der Waals surface area contributed by atoms with Crippen molar-refractivity contribution < 1.29 is 9.53 Å². The molecule has 1 saturated heterocycles. The molecule has 1 aromatic carbocycles. The molecule has 1 fully saturated rings. The van der Waals surface area contributed by atoms with Gasteiger partial charge < -0.3 is 9.64 Å². The molecule has 0 bridgehead atoms. The fourth-order valence-corrected chi connectivity index (χ4v) is 3.85. The number of hydrogen-bond acceptors (Lipinski definition) is 5. The summed E-state index contributed by atoms with van der Waals surface area (Å²) in [4.78, 5) is 32.5. The number of nitriles is 1. The lowest BCUT2D eigenvalue weighted by atomic mass is 10.1. The number of benzene rings is 1. The number of para-hydroxylation sites is 1. The second-order valence-electron chi connectivity index (χ2n) is 7.58. The molecule has 0 unspecified atom stereocenters. The number of hydrogen-bond donors (Lipinski definition) is 0. The Morgan fingerprint density at radius 2 is 1.94 bits per heavy atom. The minimum atomic E-state index is -0.444. The summed E-state index contributed by atoms with van der Waals surface area (Å²) in [6, 6.07) is 12.3. The van der Waals surface area contributed by atoms with Gasteiger partial charge in [-0.1, -0.05) is 29.8 Å². The maximum absolute atomic E-state index is 13.4. The number of ether oxygens (including phenoxy) is 1. The van der Waals surface area contributed by atoms with Crippen LogP contribution in [-0.4, -0.2) is 33.3 Å². The molecule has 0 saturated carbocycles. The van der Waals surface area contributed by atoms with Crippen LogP contribution in [0.25, 0.3) is 11.7 Å². The standard InChI is InChI=1S/C24H21ClN4O3/c1-16-8-7-13-29-21(16)27-22(32-20-10-4-3-9-19(20)25)18(24(29)31)14-17(15-26)23(30)28-11-5-2-6-12-28/h3-4,7-10,13-14H,2,5-6,11-12H2,1H3. The van der Waals surface area contributed by atoms with E-state index >= 15 is 0 Å². The molecule has 32 heavy (non-hydrogen) atoms. The Kier molecular flexibility index (Phi) is 6.24. The zero-order valence-corrected chi connectivity index (χ0v) is 18.3. The average molecular weight is 449 g/mol. The molecule has 3 heterocycles. The highest BCUT2D eigenvalue weighted by molar-refractivity contribution is 6.32. The molecule has 0 atom stereocenters. The number of rotatable bonds is 4. The van der Waals surface area contributed by atoms with Crippen LogP contribution in [0.2, 0.25) is 5.02 Å². The van der Waals surface area contributed by atoms with Crippen molar-refractivity contribution in [1.29, 1.82) is 5.26 Å². The van der Waals surface area contributed by atoms with Crippen LogP contribution in [-0.2, 0) is 4.79 Å². The molecular weight excluding hydrogens is 428 g/mol. The summed E-state index contributed by atoms with van der Waals surface area (Å²) in [5, 5.41) is 10.1. The van der Waals surface area contributed by atoms with Crippen LogP contribution in [0.1, 0.15) is 30.4 Å². The normalized spacial score (nSPS) is 14.3. The van der Waals surface area contributed by atoms with Gasteiger partial charge in [0.2, 0.25) is 5.88 Å². The van der Waals surface area contributed by atoms with Crippen molar-refractivity contribution in [3.63, 3.8) is 0 Å². The molecule has 0 spiro atoms. The summed E-state index contributed by atoms with van der Waals surface area (Å²) in [7, 11) is 0. The van der Waals surface area contributed by atoms with Crippen LogP contribution in [0.15, 0.2) is 53.0 Å². The molecule has 0 N–H and O–H groups in total. The fraction of sp³-hybridized carbons (Fsp3) is 0.250. The number of nitrogens with zero attached hydrogens (tertiary/aromatic N) is 4. The number of aromatic nitrogens is 2. The molecule has 8 heteroatoms. The maximum Gasteiger partial charge on any atom is 0.269 e. The predicted molar refractivity (Wildman–Crippen MR) is 122 cm³/mol. The monoisotopic (exact) mass is 448 g/mol. The van der Waals surface area contributed by atoms with Crippen LogP contribution in [0.3, 0.4) is 0 Å². The Morgan fingerprint density at radius 3 is 2.66 bits per heavy atom. The Bertz CT molecular complexity index is 1320. The minimum absolute atomic E-state index is 0.00919. The van der Waals surface area contributed by atoms with Gasteiger partial charge in [0.05, 0.1) is 5.02 Å². The van der Waals surface area contributed by atoms with Gasteiger partial charge in [0.25, 0.3) is 11.5 Å². The first-order valence-corrected chi connectivity index (χ1v) is 10.7. The van der Waals surface area contributed by atoms with Crippen LogP contribution in [0, 0.1) is 18.3 Å². The van der Waals surface area contributed by atoms with Crippen molar-refractivity contribution in [1.82, 2.24) is 14.3 Å². The van der Waals surface area contributed by atoms with Crippen molar-refractivity contribution in [3.05, 3.63) is 74.7 Å². The molecular formula is C24H21ClN4O3. The predicted octanol–water partition coefficient (Wildman–Crippen LogP) is 4.37. The number of pyridine rings is 1. The molecule has 1 aliphatic rings. The Balaban J connectivity index is 1.88. The van der Waals surface area contributed by atoms with E-state index < -0.39 is 11.5 Å². The number of carbonyl (C=O) groups excluding carboxylic acids is 1. The van der Waals surface area contributed by atoms with Crippen LogP contribution < -0.4 is 10.3 Å². The van der Waals surface area contributed by atoms with Gasteiger partial charge in [-0.2, -0.15) is 10.2 Å². The maximum atomic E-state index is 13.4. The van der Waals surface area contributed by atoms with E-state index in [9.17, 15) is 14.9 Å². The van der Waals surface area contributed by atoms with Crippen molar-refractivity contribution in [3.8, 4) is 17.7 Å². The number of piperidine rings is 1. The average Bonchev–Trinajstić information content (AvgIpc) is 2.81. The Labute approximate surface area is 190 Å². The van der Waals surface area contributed by atoms with Gasteiger partial charge in [0.1, 0.15) is 28.6 Å². The molecule has 0 aliphatic carbocycles. The van der Waals surface area contributed by atoms with Gasteiger partial charge in [0.15, 0.2) is 0 Å². The first-order valence-electron chi connectivity index (χ1n) is 10.3. The van der Waals surface area contributed by atoms with E-state index in [0.29, 0.717) is 29.5 Å². The molecule has 1 amide bonds. The molecule has 0 radical (unpaired) electrons. The second-order valence-corrected chi connectivity index (χ2v) is 7.98. The molecule has 162 valence electrons. The lowest BCUT2D eigenvalue weighted by Crippen LogP contribution is -2.36. The smallest absolute Gasteiger partial charge is 0.269 e. The minimum Gasteiger partial charge on any atom is -0.437 e. The Morgan fingerprint density at radius 1 is 1.19 bits per heavy atom. The van der Waals surface area contributed by atoms with E-state index in [1.165, 1.54) is 10.5 Å². The largest absolute Gasteiger partial charge is 0.437 e. The number of carbonyl (C=O) groups is 1. The zero-order valence-electron chi connectivity index (χ0n) is 17.5. The fourth-order valence-electron chi connectivity index (χ4n) is 3.68. The third-order valence-electron chi connectivity index (χ3n) is 5.38. The van der Waals surface area contributed by atoms with Crippen molar-refractivity contribution in [2.75, 3.05) is 13.1 Å². The summed E-state index contributed by atoms with van der Waals surface area (Å²) in [6.07, 6.45) is 5.70. The highest BCUT2D eigenvalue weighted by Crippen LogP contribution is 2.30. The molecule has 4 rings (SSSR count). The number of fused-ring (bicyclic) bond motifs is 1. The van der Waals surface area contributed by atoms with Crippen molar-refractivity contribution in [2.24, 2.45) is 0 Å². The molecule has 1 aliphatic heterocycles. The zero-order chi connectivity index (χ0) is 22.7. The number of amides is 1. The summed E-state index contributed by atoms with van der Waals surface area (Å²) in [6.45, 7) is 3.01. The van der Waals surface area contributed by atoms with Crippen molar-refractivity contribution >= 4 is 29.2 Å². The van der Waals surface area contributed by atoms with Crippen LogP contribution >= 0.6 is 11.6 Å². The quantitative estimate of drug-likeness (QED) is 0.437. The summed E-state index contributed by atoms with van der Waals surface area (Å²) in [5.41, 5.74) is 0.615. The van der Waals surface area contributed by atoms with E-state index in [1.54, 1.807) is 41.4 Å². The van der Waals surface area contributed by atoms with Gasteiger partial charge >= 0.3 is 0 Å². The van der Waals surface area contributed by atoms with Gasteiger partial charge in [-0.3, -0.25) is 14.0 Å². The second kappa shape index (κ2) is 9.25. The highest BCUT2D eigenvalue weighted by atomic mass is 35.5. The summed E-state index contributed by atoms with van der Waals surface area (Å²) < 4.78 is 7.30. The topological polar surface area (TPSA) is 87.7 Å².